The van der Waals surface area contributed by atoms with Gasteiger partial charge in [0.1, 0.15) is 0 Å². The van der Waals surface area contributed by atoms with Gasteiger partial charge in [0.25, 0.3) is 0 Å². The molecule has 0 fully saturated rings. The van der Waals surface area contributed by atoms with Crippen molar-refractivity contribution in [2.24, 2.45) is 11.7 Å². The van der Waals surface area contributed by atoms with Crippen LogP contribution in [0, 0.1) is 5.92 Å². The summed E-state index contributed by atoms with van der Waals surface area (Å²) in [5, 5.41) is 1.97. The summed E-state index contributed by atoms with van der Waals surface area (Å²) in [7, 11) is -4.57. The molecule has 0 aliphatic heterocycles. The molecule has 0 bridgehead atoms. The van der Waals surface area contributed by atoms with Crippen LogP contribution in [0.5, 0.6) is 0 Å². The van der Waals surface area contributed by atoms with Crippen molar-refractivity contribution in [1.82, 2.24) is 5.32 Å². The lowest BCUT2D eigenvalue weighted by molar-refractivity contribution is -0.117. The highest BCUT2D eigenvalue weighted by atomic mass is 32.2. The van der Waals surface area contributed by atoms with Gasteiger partial charge in [-0.1, -0.05) is 20.4 Å². The van der Waals surface area contributed by atoms with Crippen LogP contribution in [0.3, 0.4) is 0 Å². The highest BCUT2D eigenvalue weighted by Gasteiger charge is 2.43. The first kappa shape index (κ1) is 13.1. The Morgan fingerprint density at radius 3 is 2.29 bits per heavy atom. The fourth-order valence-corrected chi connectivity index (χ4v) is 1.58. The summed E-state index contributed by atoms with van der Waals surface area (Å²) in [5.74, 6) is -1.44. The maximum Gasteiger partial charge on any atom is 0.303 e. The van der Waals surface area contributed by atoms with E-state index in [2.05, 4.69) is 6.58 Å². The Kier molecular flexibility index (Phi) is 3.81. The van der Waals surface area contributed by atoms with Crippen LogP contribution >= 0.6 is 0 Å². The molecule has 0 aromatic carbocycles. The van der Waals surface area contributed by atoms with E-state index in [0.29, 0.717) is 0 Å². The smallest absolute Gasteiger partial charge is 0.303 e. The predicted octanol–water partition coefficient (Wildman–Crippen LogP) is -0.555. The van der Waals surface area contributed by atoms with Gasteiger partial charge in [0.05, 0.1) is 0 Å². The Balaban J connectivity index is 5.13. The molecular formula is C7H14N2O4S. The molecule has 6 nitrogen and oxygen atoms in total. The topological polar surface area (TPSA) is 109 Å². The summed E-state index contributed by atoms with van der Waals surface area (Å²) in [4.78, 5) is 8.71. The van der Waals surface area contributed by atoms with Crippen molar-refractivity contribution < 1.29 is 17.8 Å². The van der Waals surface area contributed by atoms with Crippen LogP contribution in [0.1, 0.15) is 13.8 Å². The second kappa shape index (κ2) is 4.07. The molecule has 0 rings (SSSR count). The third-order valence-corrected chi connectivity index (χ3v) is 3.22. The van der Waals surface area contributed by atoms with E-state index in [9.17, 15) is 13.2 Å². The molecule has 0 radical (unpaired) electrons. The first-order valence-electron chi connectivity index (χ1n) is 3.85. The van der Waals surface area contributed by atoms with E-state index in [-0.39, 0.29) is 0 Å². The predicted molar refractivity (Wildman–Crippen MR) is 51.6 cm³/mol. The van der Waals surface area contributed by atoms with Crippen LogP contribution in [0.4, 0.5) is 0 Å². The molecule has 0 spiro atoms. The SMILES string of the molecule is C=CC(=O)NC(N)(C(C)C)S(=O)(=O)O. The monoisotopic (exact) mass is 222 g/mol. The molecule has 0 aromatic heterocycles. The summed E-state index contributed by atoms with van der Waals surface area (Å²) in [6.45, 7) is 6.05. The number of nitrogens with two attached hydrogens (primary N) is 1. The Morgan fingerprint density at radius 2 is 2.07 bits per heavy atom. The summed E-state index contributed by atoms with van der Waals surface area (Å²) < 4.78 is 30.7. The van der Waals surface area contributed by atoms with Crippen LogP contribution < -0.4 is 11.1 Å². The van der Waals surface area contributed by atoms with Gasteiger partial charge in [0.15, 0.2) is 0 Å². The highest BCUT2D eigenvalue weighted by molar-refractivity contribution is 7.87. The third-order valence-electron chi connectivity index (χ3n) is 1.79. The molecule has 14 heavy (non-hydrogen) atoms. The highest BCUT2D eigenvalue weighted by Crippen LogP contribution is 2.16. The van der Waals surface area contributed by atoms with Gasteiger partial charge in [0, 0.05) is 5.92 Å². The van der Waals surface area contributed by atoms with Gasteiger partial charge in [-0.15, -0.1) is 0 Å². The molecule has 0 saturated carbocycles. The lowest BCUT2D eigenvalue weighted by atomic mass is 10.1. The number of rotatable bonds is 4. The van der Waals surface area contributed by atoms with Crippen LogP contribution in [-0.4, -0.2) is 23.9 Å². The van der Waals surface area contributed by atoms with Crippen molar-refractivity contribution in [3.63, 3.8) is 0 Å². The van der Waals surface area contributed by atoms with Crippen molar-refractivity contribution in [2.75, 3.05) is 0 Å². The second-order valence-electron chi connectivity index (χ2n) is 3.12. The molecule has 1 atom stereocenters. The van der Waals surface area contributed by atoms with E-state index in [1.165, 1.54) is 13.8 Å². The lowest BCUT2D eigenvalue weighted by Gasteiger charge is -2.30. The molecule has 1 amide bonds. The summed E-state index contributed by atoms with van der Waals surface area (Å²) in [5.41, 5.74) is 5.38. The van der Waals surface area contributed by atoms with Crippen LogP contribution in [0.2, 0.25) is 0 Å². The minimum Gasteiger partial charge on any atom is -0.320 e. The van der Waals surface area contributed by atoms with Gasteiger partial charge in [0.2, 0.25) is 10.9 Å². The summed E-state index contributed by atoms with van der Waals surface area (Å²) in [6.07, 6.45) is 0.870. The quantitative estimate of drug-likeness (QED) is 0.336. The van der Waals surface area contributed by atoms with Gasteiger partial charge in [-0.3, -0.25) is 15.1 Å². The molecule has 0 heterocycles. The van der Waals surface area contributed by atoms with Gasteiger partial charge >= 0.3 is 10.1 Å². The van der Waals surface area contributed by atoms with Crippen molar-refractivity contribution >= 4 is 16.0 Å². The van der Waals surface area contributed by atoms with Crippen LogP contribution in [0.15, 0.2) is 12.7 Å². The van der Waals surface area contributed by atoms with Crippen molar-refractivity contribution in [3.8, 4) is 0 Å². The molecule has 7 heteroatoms. The van der Waals surface area contributed by atoms with E-state index in [4.69, 9.17) is 10.3 Å². The van der Waals surface area contributed by atoms with Crippen LogP contribution in [0.25, 0.3) is 0 Å². The molecule has 4 N–H and O–H groups in total. The van der Waals surface area contributed by atoms with Crippen molar-refractivity contribution in [1.29, 1.82) is 0 Å². The number of carbonyl (C=O) groups excluding carboxylic acids is 1. The van der Waals surface area contributed by atoms with Gasteiger partial charge in [-0.05, 0) is 6.08 Å². The zero-order chi connectivity index (χ0) is 11.6. The minimum absolute atomic E-state index is 0.679. The maximum atomic E-state index is 10.9. The molecule has 0 aromatic rings. The summed E-state index contributed by atoms with van der Waals surface area (Å²) in [6, 6.07) is 0. The fraction of sp³-hybridized carbons (Fsp3) is 0.571. The van der Waals surface area contributed by atoms with Crippen molar-refractivity contribution in [2.45, 2.75) is 18.8 Å². The Hall–Kier alpha value is -0.920. The molecule has 0 aliphatic carbocycles. The number of amides is 1. The number of hydrogen-bond donors (Lipinski definition) is 3. The summed E-state index contributed by atoms with van der Waals surface area (Å²) >= 11 is 0. The average Bonchev–Trinajstić information content (AvgIpc) is 2.01. The van der Waals surface area contributed by atoms with Gasteiger partial charge in [-0.2, -0.15) is 8.42 Å². The zero-order valence-corrected chi connectivity index (χ0v) is 8.84. The van der Waals surface area contributed by atoms with E-state index < -0.39 is 26.9 Å². The number of hydrogen-bond acceptors (Lipinski definition) is 4. The first-order valence-corrected chi connectivity index (χ1v) is 5.29. The van der Waals surface area contributed by atoms with E-state index in [1.807, 2.05) is 5.32 Å². The fourth-order valence-electron chi connectivity index (χ4n) is 0.750. The molecule has 0 saturated heterocycles. The Morgan fingerprint density at radius 1 is 1.64 bits per heavy atom. The normalized spacial score (nSPS) is 16.1. The van der Waals surface area contributed by atoms with Gasteiger partial charge < -0.3 is 5.32 Å². The number of nitrogens with one attached hydrogen (secondary N) is 1. The largest absolute Gasteiger partial charge is 0.320 e. The zero-order valence-electron chi connectivity index (χ0n) is 8.02. The Labute approximate surface area is 82.9 Å². The molecule has 82 valence electrons. The maximum absolute atomic E-state index is 10.9. The molecule has 1 unspecified atom stereocenters. The van der Waals surface area contributed by atoms with E-state index in [1.54, 1.807) is 0 Å². The number of carbonyl (C=O) groups is 1. The minimum atomic E-state index is -4.57. The lowest BCUT2D eigenvalue weighted by Crippen LogP contribution is -2.64. The molecular weight excluding hydrogens is 208 g/mol. The van der Waals surface area contributed by atoms with E-state index in [0.717, 1.165) is 6.08 Å². The Bertz CT molecular complexity index is 336. The average molecular weight is 222 g/mol. The van der Waals surface area contributed by atoms with Crippen LogP contribution in [-0.2, 0) is 14.9 Å². The van der Waals surface area contributed by atoms with Gasteiger partial charge in [-0.25, -0.2) is 0 Å². The van der Waals surface area contributed by atoms with E-state index >= 15 is 0 Å². The second-order valence-corrected chi connectivity index (χ2v) is 4.74. The molecule has 0 aliphatic rings. The standard InChI is InChI=1S/C7H14N2O4S/c1-4-6(10)9-7(8,5(2)3)14(11,12)13/h4-5H,1,8H2,2-3H3,(H,9,10)(H,11,12,13). The third kappa shape index (κ3) is 2.53. The van der Waals surface area contributed by atoms with Crippen molar-refractivity contribution in [3.05, 3.63) is 12.7 Å². The first-order chi connectivity index (χ1) is 6.15.